The minimum atomic E-state index is -0.362. The summed E-state index contributed by atoms with van der Waals surface area (Å²) >= 11 is 0. The SMILES string of the molecule is CCOC(=O)c1[nH]c2c(c1CC)C(=O)CC(C)(C)C2. The first-order valence-electron chi connectivity index (χ1n) is 6.83. The number of nitrogens with one attached hydrogen (secondary N) is 1. The summed E-state index contributed by atoms with van der Waals surface area (Å²) in [6.07, 6.45) is 1.99. The molecule has 0 saturated heterocycles. The maximum atomic E-state index is 12.3. The van der Waals surface area contributed by atoms with E-state index in [1.807, 2.05) is 6.92 Å². The summed E-state index contributed by atoms with van der Waals surface area (Å²) in [5.74, 6) is -0.228. The van der Waals surface area contributed by atoms with E-state index >= 15 is 0 Å². The summed E-state index contributed by atoms with van der Waals surface area (Å²) in [5.41, 5.74) is 2.84. The summed E-state index contributed by atoms with van der Waals surface area (Å²) in [7, 11) is 0. The first-order chi connectivity index (χ1) is 8.89. The van der Waals surface area contributed by atoms with Gasteiger partial charge in [-0.3, -0.25) is 4.79 Å². The van der Waals surface area contributed by atoms with Gasteiger partial charge in [-0.05, 0) is 30.7 Å². The molecule has 0 radical (unpaired) electrons. The number of hydrogen-bond donors (Lipinski definition) is 1. The van der Waals surface area contributed by atoms with Crippen molar-refractivity contribution in [2.45, 2.75) is 47.0 Å². The van der Waals surface area contributed by atoms with Crippen molar-refractivity contribution in [3.05, 3.63) is 22.5 Å². The smallest absolute Gasteiger partial charge is 0.355 e. The molecule has 104 valence electrons. The van der Waals surface area contributed by atoms with Gasteiger partial charge in [-0.2, -0.15) is 0 Å². The Balaban J connectivity index is 2.50. The van der Waals surface area contributed by atoms with Gasteiger partial charge in [0.1, 0.15) is 5.69 Å². The van der Waals surface area contributed by atoms with Gasteiger partial charge in [0.05, 0.1) is 6.61 Å². The molecule has 1 aliphatic rings. The second-order valence-electron chi connectivity index (χ2n) is 5.85. The van der Waals surface area contributed by atoms with Crippen LogP contribution in [0.3, 0.4) is 0 Å². The number of aromatic amines is 1. The molecule has 2 rings (SSSR count). The van der Waals surface area contributed by atoms with Crippen molar-refractivity contribution in [1.29, 1.82) is 0 Å². The molecule has 1 heterocycles. The maximum Gasteiger partial charge on any atom is 0.355 e. The Kier molecular flexibility index (Phi) is 3.52. The number of H-pyrrole nitrogens is 1. The second-order valence-corrected chi connectivity index (χ2v) is 5.85. The van der Waals surface area contributed by atoms with E-state index < -0.39 is 0 Å². The molecule has 4 nitrogen and oxygen atoms in total. The van der Waals surface area contributed by atoms with Gasteiger partial charge in [0.15, 0.2) is 5.78 Å². The Labute approximate surface area is 113 Å². The third-order valence-corrected chi connectivity index (χ3v) is 3.59. The standard InChI is InChI=1S/C15H21NO3/c1-5-9-12-10(7-15(3,4)8-11(12)17)16-13(9)14(18)19-6-2/h16H,5-8H2,1-4H3. The molecule has 4 heteroatoms. The molecule has 0 saturated carbocycles. The molecule has 1 aliphatic carbocycles. The Bertz CT molecular complexity index is 526. The van der Waals surface area contributed by atoms with Crippen LogP contribution in [0.4, 0.5) is 0 Å². The number of aromatic nitrogens is 1. The third-order valence-electron chi connectivity index (χ3n) is 3.59. The minimum Gasteiger partial charge on any atom is -0.461 e. The van der Waals surface area contributed by atoms with Crippen LogP contribution in [0.25, 0.3) is 0 Å². The second kappa shape index (κ2) is 4.83. The van der Waals surface area contributed by atoms with E-state index in [9.17, 15) is 9.59 Å². The molecule has 0 spiro atoms. The Morgan fingerprint density at radius 3 is 2.58 bits per heavy atom. The number of ether oxygens (including phenoxy) is 1. The molecule has 0 aliphatic heterocycles. The van der Waals surface area contributed by atoms with Gasteiger partial charge in [-0.1, -0.05) is 20.8 Å². The molecule has 1 N–H and O–H groups in total. The van der Waals surface area contributed by atoms with E-state index in [4.69, 9.17) is 4.74 Å². The van der Waals surface area contributed by atoms with Gasteiger partial charge in [0.25, 0.3) is 0 Å². The lowest BCUT2D eigenvalue weighted by Gasteiger charge is -2.28. The van der Waals surface area contributed by atoms with Crippen LogP contribution in [-0.2, 0) is 17.6 Å². The minimum absolute atomic E-state index is 0.0497. The highest BCUT2D eigenvalue weighted by atomic mass is 16.5. The van der Waals surface area contributed by atoms with Crippen LogP contribution in [0.1, 0.15) is 66.2 Å². The van der Waals surface area contributed by atoms with Gasteiger partial charge in [-0.15, -0.1) is 0 Å². The van der Waals surface area contributed by atoms with Crippen LogP contribution in [-0.4, -0.2) is 23.3 Å². The van der Waals surface area contributed by atoms with Crippen LogP contribution in [0, 0.1) is 5.41 Å². The van der Waals surface area contributed by atoms with E-state index in [1.54, 1.807) is 6.92 Å². The zero-order valence-electron chi connectivity index (χ0n) is 12.1. The highest BCUT2D eigenvalue weighted by Gasteiger charge is 2.36. The number of esters is 1. The zero-order valence-corrected chi connectivity index (χ0v) is 12.1. The largest absolute Gasteiger partial charge is 0.461 e. The maximum absolute atomic E-state index is 12.3. The van der Waals surface area contributed by atoms with Crippen molar-refractivity contribution in [2.75, 3.05) is 6.61 Å². The van der Waals surface area contributed by atoms with Crippen LogP contribution < -0.4 is 0 Å². The van der Waals surface area contributed by atoms with E-state index in [1.165, 1.54) is 0 Å². The van der Waals surface area contributed by atoms with Crippen LogP contribution >= 0.6 is 0 Å². The third kappa shape index (κ3) is 2.44. The fourth-order valence-corrected chi connectivity index (χ4v) is 2.86. The number of Topliss-reactive ketones (excluding diaryl/α,β-unsaturated/α-hetero) is 1. The number of ketones is 1. The van der Waals surface area contributed by atoms with Crippen molar-refractivity contribution in [2.24, 2.45) is 5.41 Å². The number of fused-ring (bicyclic) bond motifs is 1. The van der Waals surface area contributed by atoms with Gasteiger partial charge < -0.3 is 9.72 Å². The summed E-state index contributed by atoms with van der Waals surface area (Å²) in [4.78, 5) is 27.4. The Hall–Kier alpha value is -1.58. The summed E-state index contributed by atoms with van der Waals surface area (Å²) in [6.45, 7) is 8.22. The monoisotopic (exact) mass is 263 g/mol. The van der Waals surface area contributed by atoms with Crippen molar-refractivity contribution >= 4 is 11.8 Å². The van der Waals surface area contributed by atoms with Crippen molar-refractivity contribution in [3.63, 3.8) is 0 Å². The number of carbonyl (C=O) groups is 2. The van der Waals surface area contributed by atoms with Gasteiger partial charge in [0, 0.05) is 17.7 Å². The lowest BCUT2D eigenvalue weighted by atomic mass is 9.75. The highest BCUT2D eigenvalue weighted by Crippen LogP contribution is 2.37. The molecule has 19 heavy (non-hydrogen) atoms. The van der Waals surface area contributed by atoms with Crippen LogP contribution in [0.15, 0.2) is 0 Å². The van der Waals surface area contributed by atoms with E-state index in [0.717, 1.165) is 23.2 Å². The number of carbonyl (C=O) groups excluding carboxylic acids is 2. The van der Waals surface area contributed by atoms with Crippen molar-refractivity contribution in [1.82, 2.24) is 4.98 Å². The average molecular weight is 263 g/mol. The van der Waals surface area contributed by atoms with Crippen LogP contribution in [0.2, 0.25) is 0 Å². The van der Waals surface area contributed by atoms with Crippen molar-refractivity contribution in [3.8, 4) is 0 Å². The lowest BCUT2D eigenvalue weighted by molar-refractivity contribution is 0.0518. The van der Waals surface area contributed by atoms with Gasteiger partial charge in [-0.25, -0.2) is 4.79 Å². The first kappa shape index (κ1) is 13.8. The van der Waals surface area contributed by atoms with E-state index in [0.29, 0.717) is 25.1 Å². The molecule has 0 bridgehead atoms. The Morgan fingerprint density at radius 2 is 2.00 bits per heavy atom. The summed E-state index contributed by atoms with van der Waals surface area (Å²) in [5, 5.41) is 0. The predicted octanol–water partition coefficient (Wildman–Crippen LogP) is 2.91. The summed E-state index contributed by atoms with van der Waals surface area (Å²) in [6, 6.07) is 0. The number of rotatable bonds is 3. The zero-order chi connectivity index (χ0) is 14.2. The normalized spacial score (nSPS) is 17.2. The summed E-state index contributed by atoms with van der Waals surface area (Å²) < 4.78 is 5.05. The molecule has 1 aromatic rings. The molecule has 0 aromatic carbocycles. The Morgan fingerprint density at radius 1 is 1.32 bits per heavy atom. The molecule has 0 amide bonds. The topological polar surface area (TPSA) is 59.2 Å². The first-order valence-corrected chi connectivity index (χ1v) is 6.83. The molecular formula is C15H21NO3. The van der Waals surface area contributed by atoms with E-state index in [-0.39, 0.29) is 17.2 Å². The lowest BCUT2D eigenvalue weighted by Crippen LogP contribution is -2.27. The molecular weight excluding hydrogens is 242 g/mol. The molecule has 0 fully saturated rings. The quantitative estimate of drug-likeness (QED) is 0.853. The van der Waals surface area contributed by atoms with Crippen molar-refractivity contribution < 1.29 is 14.3 Å². The van der Waals surface area contributed by atoms with E-state index in [2.05, 4.69) is 18.8 Å². The fraction of sp³-hybridized carbons (Fsp3) is 0.600. The average Bonchev–Trinajstić information content (AvgIpc) is 2.66. The number of hydrogen-bond acceptors (Lipinski definition) is 3. The molecule has 0 atom stereocenters. The molecule has 1 aromatic heterocycles. The van der Waals surface area contributed by atoms with Gasteiger partial charge in [0.2, 0.25) is 0 Å². The fourth-order valence-electron chi connectivity index (χ4n) is 2.86. The van der Waals surface area contributed by atoms with Gasteiger partial charge >= 0.3 is 5.97 Å². The highest BCUT2D eigenvalue weighted by molar-refractivity contribution is 6.03. The predicted molar refractivity (Wildman–Crippen MR) is 72.6 cm³/mol. The molecule has 0 unspecified atom stereocenters. The van der Waals surface area contributed by atoms with Crippen LogP contribution in [0.5, 0.6) is 0 Å².